The second kappa shape index (κ2) is 7.94. The zero-order chi connectivity index (χ0) is 11.0. The summed E-state index contributed by atoms with van der Waals surface area (Å²) >= 11 is 0. The molecule has 0 fully saturated rings. The van der Waals surface area contributed by atoms with Crippen molar-refractivity contribution in [3.05, 3.63) is 0 Å². The fourth-order valence-corrected chi connectivity index (χ4v) is 1.58. The monoisotopic (exact) mass is 201 g/mol. The number of methoxy groups -OCH3 is 1. The maximum atomic E-state index is 11.7. The van der Waals surface area contributed by atoms with Gasteiger partial charge in [-0.3, -0.25) is 4.79 Å². The smallest absolute Gasteiger partial charge is 0.152 e. The molecule has 0 radical (unpaired) electrons. The summed E-state index contributed by atoms with van der Waals surface area (Å²) in [6.07, 6.45) is 3.40. The summed E-state index contributed by atoms with van der Waals surface area (Å²) in [4.78, 5) is 11.7. The molecule has 0 amide bonds. The zero-order valence-electron chi connectivity index (χ0n) is 9.58. The van der Waals surface area contributed by atoms with Crippen molar-refractivity contribution in [2.75, 3.05) is 13.7 Å². The molecule has 3 heteroatoms. The van der Waals surface area contributed by atoms with Crippen molar-refractivity contribution < 1.29 is 9.53 Å². The van der Waals surface area contributed by atoms with Gasteiger partial charge in [-0.1, -0.05) is 13.8 Å². The number of hydrogen-bond acceptors (Lipinski definition) is 3. The summed E-state index contributed by atoms with van der Waals surface area (Å²) in [6.45, 7) is 4.76. The number of carbonyl (C=O) groups excluding carboxylic acids is 1. The molecule has 0 aliphatic carbocycles. The molecule has 0 aromatic heterocycles. The highest BCUT2D eigenvalue weighted by molar-refractivity contribution is 5.85. The van der Waals surface area contributed by atoms with E-state index in [9.17, 15) is 4.79 Å². The van der Waals surface area contributed by atoms with Crippen molar-refractivity contribution >= 4 is 5.78 Å². The Bertz CT molecular complexity index is 155. The molecule has 14 heavy (non-hydrogen) atoms. The first kappa shape index (κ1) is 13.6. The SMILES string of the molecule is CCC(CC)C(=O)C(N)CCCOC. The second-order valence-corrected chi connectivity index (χ2v) is 3.66. The van der Waals surface area contributed by atoms with Gasteiger partial charge >= 0.3 is 0 Å². The fourth-order valence-electron chi connectivity index (χ4n) is 1.58. The molecule has 0 aliphatic rings. The Morgan fingerprint density at radius 1 is 1.36 bits per heavy atom. The van der Waals surface area contributed by atoms with E-state index in [-0.39, 0.29) is 17.7 Å². The topological polar surface area (TPSA) is 52.3 Å². The zero-order valence-corrected chi connectivity index (χ0v) is 9.58. The first-order valence-electron chi connectivity index (χ1n) is 5.45. The van der Waals surface area contributed by atoms with Crippen LogP contribution in [0.4, 0.5) is 0 Å². The third kappa shape index (κ3) is 4.72. The van der Waals surface area contributed by atoms with E-state index in [1.165, 1.54) is 0 Å². The highest BCUT2D eigenvalue weighted by atomic mass is 16.5. The molecule has 0 aliphatic heterocycles. The first-order valence-corrected chi connectivity index (χ1v) is 5.45. The minimum Gasteiger partial charge on any atom is -0.385 e. The lowest BCUT2D eigenvalue weighted by Gasteiger charge is -2.16. The highest BCUT2D eigenvalue weighted by Crippen LogP contribution is 2.12. The van der Waals surface area contributed by atoms with Crippen molar-refractivity contribution in [3.63, 3.8) is 0 Å². The number of carbonyl (C=O) groups is 1. The van der Waals surface area contributed by atoms with Gasteiger partial charge in [0.1, 0.15) is 0 Å². The van der Waals surface area contributed by atoms with E-state index in [1.807, 2.05) is 13.8 Å². The van der Waals surface area contributed by atoms with Crippen LogP contribution >= 0.6 is 0 Å². The van der Waals surface area contributed by atoms with Crippen LogP contribution in [0.5, 0.6) is 0 Å². The van der Waals surface area contributed by atoms with Crippen LogP contribution in [0.1, 0.15) is 39.5 Å². The average molecular weight is 201 g/mol. The predicted molar refractivity (Wildman–Crippen MR) is 58.2 cm³/mol. The molecule has 0 saturated heterocycles. The normalized spacial score (nSPS) is 13.2. The molecular weight excluding hydrogens is 178 g/mol. The summed E-state index contributed by atoms with van der Waals surface area (Å²) < 4.78 is 4.92. The quantitative estimate of drug-likeness (QED) is 0.609. The molecule has 84 valence electrons. The van der Waals surface area contributed by atoms with E-state index >= 15 is 0 Å². The molecular formula is C11H23NO2. The number of rotatable bonds is 8. The van der Waals surface area contributed by atoms with Crippen LogP contribution in [0.15, 0.2) is 0 Å². The molecule has 0 spiro atoms. The van der Waals surface area contributed by atoms with Crippen molar-refractivity contribution in [2.24, 2.45) is 11.7 Å². The molecule has 0 aromatic rings. The van der Waals surface area contributed by atoms with Gasteiger partial charge in [0.05, 0.1) is 6.04 Å². The maximum absolute atomic E-state index is 11.7. The number of hydrogen-bond donors (Lipinski definition) is 1. The summed E-state index contributed by atoms with van der Waals surface area (Å²) in [6, 6.07) is -0.296. The largest absolute Gasteiger partial charge is 0.385 e. The molecule has 0 aromatic carbocycles. The van der Waals surface area contributed by atoms with Crippen molar-refractivity contribution in [1.82, 2.24) is 0 Å². The third-order valence-corrected chi connectivity index (χ3v) is 2.62. The van der Waals surface area contributed by atoms with Gasteiger partial charge in [0, 0.05) is 19.6 Å². The van der Waals surface area contributed by atoms with Crippen LogP contribution in [-0.4, -0.2) is 25.5 Å². The molecule has 2 N–H and O–H groups in total. The lowest BCUT2D eigenvalue weighted by molar-refractivity contribution is -0.124. The Morgan fingerprint density at radius 2 is 1.93 bits per heavy atom. The van der Waals surface area contributed by atoms with Gasteiger partial charge < -0.3 is 10.5 Å². The van der Waals surface area contributed by atoms with E-state index in [2.05, 4.69) is 0 Å². The molecule has 0 heterocycles. The lowest BCUT2D eigenvalue weighted by Crippen LogP contribution is -2.35. The predicted octanol–water partition coefficient (Wildman–Crippen LogP) is 1.75. The average Bonchev–Trinajstić information content (AvgIpc) is 2.19. The number of Topliss-reactive ketones (excluding diaryl/α,β-unsaturated/α-hetero) is 1. The van der Waals surface area contributed by atoms with Crippen molar-refractivity contribution in [1.29, 1.82) is 0 Å². The van der Waals surface area contributed by atoms with Gasteiger partial charge in [0.2, 0.25) is 0 Å². The van der Waals surface area contributed by atoms with Gasteiger partial charge in [0.25, 0.3) is 0 Å². The lowest BCUT2D eigenvalue weighted by atomic mass is 9.92. The highest BCUT2D eigenvalue weighted by Gasteiger charge is 2.20. The van der Waals surface area contributed by atoms with Gasteiger partial charge in [-0.15, -0.1) is 0 Å². The first-order chi connectivity index (χ1) is 6.67. The third-order valence-electron chi connectivity index (χ3n) is 2.62. The van der Waals surface area contributed by atoms with Crippen LogP contribution in [0.3, 0.4) is 0 Å². The molecule has 1 unspecified atom stereocenters. The van der Waals surface area contributed by atoms with Gasteiger partial charge in [-0.25, -0.2) is 0 Å². The van der Waals surface area contributed by atoms with E-state index in [4.69, 9.17) is 10.5 Å². The van der Waals surface area contributed by atoms with Gasteiger partial charge in [-0.2, -0.15) is 0 Å². The Morgan fingerprint density at radius 3 is 2.36 bits per heavy atom. The van der Waals surface area contributed by atoms with E-state index in [0.29, 0.717) is 6.61 Å². The summed E-state index contributed by atoms with van der Waals surface area (Å²) in [5.41, 5.74) is 5.80. The van der Waals surface area contributed by atoms with E-state index in [1.54, 1.807) is 7.11 Å². The Labute approximate surface area is 87.0 Å². The van der Waals surface area contributed by atoms with Crippen molar-refractivity contribution in [2.45, 2.75) is 45.6 Å². The summed E-state index contributed by atoms with van der Waals surface area (Å²) in [7, 11) is 1.66. The Kier molecular flexibility index (Phi) is 7.71. The number of ether oxygens (including phenoxy) is 1. The molecule has 1 atom stereocenters. The molecule has 0 bridgehead atoms. The van der Waals surface area contributed by atoms with E-state index in [0.717, 1.165) is 25.7 Å². The minimum absolute atomic E-state index is 0.146. The fraction of sp³-hybridized carbons (Fsp3) is 0.909. The van der Waals surface area contributed by atoms with Crippen molar-refractivity contribution in [3.8, 4) is 0 Å². The minimum atomic E-state index is -0.296. The Hall–Kier alpha value is -0.410. The van der Waals surface area contributed by atoms with Crippen LogP contribution < -0.4 is 5.73 Å². The molecule has 0 rings (SSSR count). The standard InChI is InChI=1S/C11H23NO2/c1-4-9(5-2)11(13)10(12)7-6-8-14-3/h9-10H,4-8,12H2,1-3H3. The van der Waals surface area contributed by atoms with Crippen LogP contribution in [-0.2, 0) is 9.53 Å². The van der Waals surface area contributed by atoms with Gasteiger partial charge in [0.15, 0.2) is 5.78 Å². The summed E-state index contributed by atoms with van der Waals surface area (Å²) in [5.74, 6) is 0.360. The van der Waals surface area contributed by atoms with Crippen LogP contribution in [0, 0.1) is 5.92 Å². The summed E-state index contributed by atoms with van der Waals surface area (Å²) in [5, 5.41) is 0. The maximum Gasteiger partial charge on any atom is 0.152 e. The molecule has 3 nitrogen and oxygen atoms in total. The van der Waals surface area contributed by atoms with E-state index < -0.39 is 0 Å². The second-order valence-electron chi connectivity index (χ2n) is 3.66. The van der Waals surface area contributed by atoms with Gasteiger partial charge in [-0.05, 0) is 25.7 Å². The Balaban J connectivity index is 3.84. The number of ketones is 1. The molecule has 0 saturated carbocycles. The van der Waals surface area contributed by atoms with Crippen LogP contribution in [0.25, 0.3) is 0 Å². The van der Waals surface area contributed by atoms with Crippen LogP contribution in [0.2, 0.25) is 0 Å². The number of nitrogens with two attached hydrogens (primary N) is 1.